The minimum atomic E-state index is 0.209. The number of rotatable bonds is 4. The Hall–Kier alpha value is -2.18. The molecule has 1 unspecified atom stereocenters. The van der Waals surface area contributed by atoms with Crippen molar-refractivity contribution in [2.75, 3.05) is 0 Å². The van der Waals surface area contributed by atoms with Crippen molar-refractivity contribution in [1.29, 1.82) is 5.26 Å². The van der Waals surface area contributed by atoms with Crippen LogP contribution in [0.1, 0.15) is 35.2 Å². The second-order valence-electron chi connectivity index (χ2n) is 4.64. The van der Waals surface area contributed by atoms with Crippen molar-refractivity contribution in [2.45, 2.75) is 26.4 Å². The number of hydrogen-bond acceptors (Lipinski definition) is 3. The molecule has 3 nitrogen and oxygen atoms in total. The lowest BCUT2D eigenvalue weighted by Crippen LogP contribution is -2.18. The van der Waals surface area contributed by atoms with E-state index in [1.54, 1.807) is 0 Å². The first-order valence-electron chi connectivity index (χ1n) is 6.33. The Morgan fingerprint density at radius 1 is 1.37 bits per heavy atom. The Kier molecular flexibility index (Phi) is 4.27. The van der Waals surface area contributed by atoms with Crippen molar-refractivity contribution < 1.29 is 0 Å². The smallest absolute Gasteiger partial charge is 0.0991 e. The molecule has 1 aromatic heterocycles. The van der Waals surface area contributed by atoms with Crippen LogP contribution in [0, 0.1) is 18.3 Å². The highest BCUT2D eigenvalue weighted by Gasteiger charge is 2.06. The largest absolute Gasteiger partial charge is 0.306 e. The first-order chi connectivity index (χ1) is 9.20. The van der Waals surface area contributed by atoms with Crippen molar-refractivity contribution >= 4 is 0 Å². The van der Waals surface area contributed by atoms with Crippen LogP contribution in [-0.2, 0) is 6.54 Å². The van der Waals surface area contributed by atoms with Gasteiger partial charge in [-0.2, -0.15) is 5.26 Å². The standard InChI is InChI=1S/C16H17N3/c1-12-10-18-7-6-16(12)11-19-13(2)15-5-3-4-14(8-15)9-17/h3-8,10,13,19H,11H2,1-2H3. The lowest BCUT2D eigenvalue weighted by atomic mass is 10.0. The van der Waals surface area contributed by atoms with Gasteiger partial charge in [-0.25, -0.2) is 0 Å². The third kappa shape index (κ3) is 3.40. The topological polar surface area (TPSA) is 48.7 Å². The fraction of sp³-hybridized carbons (Fsp3) is 0.250. The van der Waals surface area contributed by atoms with E-state index >= 15 is 0 Å². The summed E-state index contributed by atoms with van der Waals surface area (Å²) in [6.07, 6.45) is 3.68. The van der Waals surface area contributed by atoms with E-state index in [1.165, 1.54) is 11.1 Å². The van der Waals surface area contributed by atoms with Crippen LogP contribution in [0.15, 0.2) is 42.7 Å². The van der Waals surface area contributed by atoms with Crippen molar-refractivity contribution in [2.24, 2.45) is 0 Å². The van der Waals surface area contributed by atoms with E-state index in [-0.39, 0.29) is 6.04 Å². The van der Waals surface area contributed by atoms with Gasteiger partial charge in [-0.1, -0.05) is 12.1 Å². The molecular formula is C16H17N3. The third-order valence-electron chi connectivity index (χ3n) is 3.25. The van der Waals surface area contributed by atoms with Crippen molar-refractivity contribution in [1.82, 2.24) is 10.3 Å². The van der Waals surface area contributed by atoms with Gasteiger partial charge in [0.25, 0.3) is 0 Å². The number of aromatic nitrogens is 1. The van der Waals surface area contributed by atoms with Crippen LogP contribution in [0.5, 0.6) is 0 Å². The molecule has 0 aliphatic heterocycles. The van der Waals surface area contributed by atoms with Gasteiger partial charge < -0.3 is 5.32 Å². The van der Waals surface area contributed by atoms with Gasteiger partial charge in [-0.15, -0.1) is 0 Å². The number of pyridine rings is 1. The van der Waals surface area contributed by atoms with Crippen LogP contribution >= 0.6 is 0 Å². The summed E-state index contributed by atoms with van der Waals surface area (Å²) in [5.41, 5.74) is 4.27. The number of nitriles is 1. The van der Waals surface area contributed by atoms with Gasteiger partial charge in [-0.3, -0.25) is 4.98 Å². The first kappa shape index (κ1) is 13.3. The van der Waals surface area contributed by atoms with Gasteiger partial charge in [0, 0.05) is 25.0 Å². The summed E-state index contributed by atoms with van der Waals surface area (Å²) in [7, 11) is 0. The zero-order valence-corrected chi connectivity index (χ0v) is 11.2. The van der Waals surface area contributed by atoms with Crippen LogP contribution in [-0.4, -0.2) is 4.98 Å². The van der Waals surface area contributed by atoms with Crippen LogP contribution in [0.25, 0.3) is 0 Å². The maximum Gasteiger partial charge on any atom is 0.0991 e. The molecule has 1 heterocycles. The second-order valence-corrected chi connectivity index (χ2v) is 4.64. The lowest BCUT2D eigenvalue weighted by Gasteiger charge is -2.15. The first-order valence-corrected chi connectivity index (χ1v) is 6.33. The van der Waals surface area contributed by atoms with E-state index in [4.69, 9.17) is 5.26 Å². The summed E-state index contributed by atoms with van der Waals surface area (Å²) in [4.78, 5) is 4.09. The minimum absolute atomic E-state index is 0.209. The van der Waals surface area contributed by atoms with Gasteiger partial charge >= 0.3 is 0 Å². The van der Waals surface area contributed by atoms with Crippen LogP contribution in [0.4, 0.5) is 0 Å². The molecule has 0 amide bonds. The number of nitrogens with zero attached hydrogens (tertiary/aromatic N) is 2. The minimum Gasteiger partial charge on any atom is -0.306 e. The molecule has 0 bridgehead atoms. The number of aryl methyl sites for hydroxylation is 1. The van der Waals surface area contributed by atoms with E-state index in [0.29, 0.717) is 5.56 Å². The molecule has 3 heteroatoms. The molecule has 1 aromatic carbocycles. The predicted molar refractivity (Wildman–Crippen MR) is 75.4 cm³/mol. The fourth-order valence-corrected chi connectivity index (χ4v) is 1.96. The summed E-state index contributed by atoms with van der Waals surface area (Å²) < 4.78 is 0. The summed E-state index contributed by atoms with van der Waals surface area (Å²) in [6, 6.07) is 12.1. The van der Waals surface area contributed by atoms with Gasteiger partial charge in [0.1, 0.15) is 0 Å². The number of benzene rings is 1. The number of nitrogens with one attached hydrogen (secondary N) is 1. The second kappa shape index (κ2) is 6.12. The molecule has 96 valence electrons. The van der Waals surface area contributed by atoms with Crippen molar-refractivity contribution in [3.63, 3.8) is 0 Å². The third-order valence-corrected chi connectivity index (χ3v) is 3.25. The van der Waals surface area contributed by atoms with E-state index in [9.17, 15) is 0 Å². The lowest BCUT2D eigenvalue weighted by molar-refractivity contribution is 0.573. The predicted octanol–water partition coefficient (Wildman–Crippen LogP) is 3.11. The normalized spacial score (nSPS) is 11.8. The molecule has 1 atom stereocenters. The van der Waals surface area contributed by atoms with Crippen molar-refractivity contribution in [3.05, 3.63) is 65.0 Å². The van der Waals surface area contributed by atoms with Crippen LogP contribution in [0.3, 0.4) is 0 Å². The molecule has 0 fully saturated rings. The average molecular weight is 251 g/mol. The Morgan fingerprint density at radius 2 is 2.21 bits per heavy atom. The zero-order valence-electron chi connectivity index (χ0n) is 11.2. The Bertz CT molecular complexity index is 599. The summed E-state index contributed by atoms with van der Waals surface area (Å²) >= 11 is 0. The molecule has 0 saturated heterocycles. The van der Waals surface area contributed by atoms with E-state index in [2.05, 4.69) is 30.2 Å². The van der Waals surface area contributed by atoms with E-state index in [1.807, 2.05) is 42.7 Å². The zero-order chi connectivity index (χ0) is 13.7. The fourth-order valence-electron chi connectivity index (χ4n) is 1.96. The van der Waals surface area contributed by atoms with E-state index in [0.717, 1.165) is 12.1 Å². The molecule has 1 N–H and O–H groups in total. The monoisotopic (exact) mass is 251 g/mol. The van der Waals surface area contributed by atoms with E-state index < -0.39 is 0 Å². The molecule has 0 aliphatic rings. The average Bonchev–Trinajstić information content (AvgIpc) is 2.46. The Balaban J connectivity index is 2.03. The van der Waals surface area contributed by atoms with Gasteiger partial charge in [-0.05, 0) is 48.7 Å². The highest BCUT2D eigenvalue weighted by atomic mass is 14.9. The summed E-state index contributed by atoms with van der Waals surface area (Å²) in [6.45, 7) is 4.96. The van der Waals surface area contributed by atoms with Crippen LogP contribution in [0.2, 0.25) is 0 Å². The molecule has 19 heavy (non-hydrogen) atoms. The molecule has 0 spiro atoms. The molecule has 0 aliphatic carbocycles. The summed E-state index contributed by atoms with van der Waals surface area (Å²) in [5, 5.41) is 12.4. The maximum absolute atomic E-state index is 8.91. The Labute approximate surface area is 113 Å². The molecular weight excluding hydrogens is 234 g/mol. The van der Waals surface area contributed by atoms with Crippen molar-refractivity contribution in [3.8, 4) is 6.07 Å². The summed E-state index contributed by atoms with van der Waals surface area (Å²) in [5.74, 6) is 0. The number of hydrogen-bond donors (Lipinski definition) is 1. The molecule has 0 saturated carbocycles. The van der Waals surface area contributed by atoms with Gasteiger partial charge in [0.05, 0.1) is 11.6 Å². The van der Waals surface area contributed by atoms with Gasteiger partial charge in [0.15, 0.2) is 0 Å². The quantitative estimate of drug-likeness (QED) is 0.908. The molecule has 0 radical (unpaired) electrons. The maximum atomic E-state index is 8.91. The SMILES string of the molecule is Cc1cnccc1CNC(C)c1cccc(C#N)c1. The Morgan fingerprint density at radius 3 is 2.95 bits per heavy atom. The molecule has 2 aromatic rings. The highest BCUT2D eigenvalue weighted by molar-refractivity contribution is 5.34. The van der Waals surface area contributed by atoms with Gasteiger partial charge in [0.2, 0.25) is 0 Å². The highest BCUT2D eigenvalue weighted by Crippen LogP contribution is 2.15. The van der Waals surface area contributed by atoms with Crippen LogP contribution < -0.4 is 5.32 Å². The molecule has 2 rings (SSSR count).